The Hall–Kier alpha value is -1.52. The maximum absolute atomic E-state index is 11.8. The van der Waals surface area contributed by atoms with Crippen LogP contribution in [0.25, 0.3) is 0 Å². The van der Waals surface area contributed by atoms with E-state index in [0.717, 1.165) is 36.5 Å². The van der Waals surface area contributed by atoms with Gasteiger partial charge in [-0.2, -0.15) is 0 Å². The molecule has 0 spiro atoms. The molecule has 0 atom stereocenters. The molecule has 1 aliphatic carbocycles. The van der Waals surface area contributed by atoms with Gasteiger partial charge in [-0.15, -0.1) is 4.74 Å². The number of anilines is 1. The summed E-state index contributed by atoms with van der Waals surface area (Å²) in [6.07, 6.45) is 4.93. The van der Waals surface area contributed by atoms with Gasteiger partial charge in [-0.1, -0.05) is 19.3 Å². The number of hydrogen-bond acceptors (Lipinski definition) is 4. The molecule has 5 heteroatoms. The molecule has 0 bridgehead atoms. The number of hydrogen-bond donors (Lipinski definition) is 1. The standard InChI is InChI=1S/C10H14N2O3/c11-8-6-9(13)12(15-8)10(14)7-4-2-1-3-5-7/h6-7H,1-5,11H2. The summed E-state index contributed by atoms with van der Waals surface area (Å²) in [6, 6.07) is 1.13. The molecule has 0 amide bonds. The summed E-state index contributed by atoms with van der Waals surface area (Å²) in [6.45, 7) is 0. The van der Waals surface area contributed by atoms with Gasteiger partial charge in [0.05, 0.1) is 6.07 Å². The van der Waals surface area contributed by atoms with Gasteiger partial charge in [0, 0.05) is 5.92 Å². The lowest BCUT2D eigenvalue weighted by atomic mass is 9.89. The van der Waals surface area contributed by atoms with Crippen LogP contribution in [0.3, 0.4) is 0 Å². The zero-order valence-corrected chi connectivity index (χ0v) is 8.44. The number of nitrogen functional groups attached to an aromatic ring is 1. The fraction of sp³-hybridized carbons (Fsp3) is 0.600. The summed E-state index contributed by atoms with van der Waals surface area (Å²) in [5.74, 6) is -0.345. The molecule has 1 aromatic heterocycles. The first-order chi connectivity index (χ1) is 7.18. The number of carbonyl (C=O) groups excluding carboxylic acids is 1. The highest BCUT2D eigenvalue weighted by Gasteiger charge is 2.25. The van der Waals surface area contributed by atoms with E-state index in [1.54, 1.807) is 0 Å². The van der Waals surface area contributed by atoms with E-state index < -0.39 is 5.56 Å². The molecule has 15 heavy (non-hydrogen) atoms. The van der Waals surface area contributed by atoms with Crippen molar-refractivity contribution >= 4 is 11.8 Å². The van der Waals surface area contributed by atoms with Gasteiger partial charge < -0.3 is 10.3 Å². The second-order valence-corrected chi connectivity index (χ2v) is 3.94. The summed E-state index contributed by atoms with van der Waals surface area (Å²) >= 11 is 0. The molecule has 5 nitrogen and oxygen atoms in total. The largest absolute Gasteiger partial charge is 0.368 e. The highest BCUT2D eigenvalue weighted by molar-refractivity contribution is 5.80. The first kappa shape index (κ1) is 10.0. The topological polar surface area (TPSA) is 78.2 Å². The van der Waals surface area contributed by atoms with E-state index in [1.807, 2.05) is 0 Å². The van der Waals surface area contributed by atoms with Crippen LogP contribution in [-0.4, -0.2) is 10.6 Å². The van der Waals surface area contributed by atoms with E-state index in [2.05, 4.69) is 0 Å². The molecular formula is C10H14N2O3. The number of carbonyl (C=O) groups is 1. The minimum Gasteiger partial charge on any atom is -0.368 e. The van der Waals surface area contributed by atoms with Gasteiger partial charge in [0.2, 0.25) is 5.88 Å². The Morgan fingerprint density at radius 3 is 2.60 bits per heavy atom. The van der Waals surface area contributed by atoms with Crippen molar-refractivity contribution in [1.29, 1.82) is 0 Å². The first-order valence-electron chi connectivity index (χ1n) is 5.21. The average molecular weight is 210 g/mol. The van der Waals surface area contributed by atoms with E-state index in [9.17, 15) is 9.59 Å². The third-order valence-electron chi connectivity index (χ3n) is 2.82. The first-order valence-corrected chi connectivity index (χ1v) is 5.21. The monoisotopic (exact) mass is 210 g/mol. The van der Waals surface area contributed by atoms with E-state index in [4.69, 9.17) is 10.3 Å². The normalized spacial score (nSPS) is 17.9. The smallest absolute Gasteiger partial charge is 0.292 e. The summed E-state index contributed by atoms with van der Waals surface area (Å²) in [4.78, 5) is 23.1. The molecule has 0 saturated heterocycles. The van der Waals surface area contributed by atoms with Crippen LogP contribution in [0.2, 0.25) is 0 Å². The fourth-order valence-corrected chi connectivity index (χ4v) is 2.03. The van der Waals surface area contributed by atoms with Crippen LogP contribution in [-0.2, 0) is 0 Å². The van der Waals surface area contributed by atoms with Crippen molar-refractivity contribution in [1.82, 2.24) is 4.74 Å². The molecule has 2 rings (SSSR count). The van der Waals surface area contributed by atoms with E-state index in [-0.39, 0.29) is 17.7 Å². The molecule has 0 aromatic carbocycles. The van der Waals surface area contributed by atoms with Crippen molar-refractivity contribution in [3.63, 3.8) is 0 Å². The van der Waals surface area contributed by atoms with E-state index >= 15 is 0 Å². The summed E-state index contributed by atoms with van der Waals surface area (Å²) < 4.78 is 5.64. The third kappa shape index (κ3) is 1.95. The lowest BCUT2D eigenvalue weighted by Gasteiger charge is -2.18. The van der Waals surface area contributed by atoms with Crippen LogP contribution >= 0.6 is 0 Å². The molecular weight excluding hydrogens is 196 g/mol. The SMILES string of the molecule is Nc1cc(=O)n(C(=O)C2CCCCC2)o1. The van der Waals surface area contributed by atoms with Gasteiger partial charge >= 0.3 is 0 Å². The van der Waals surface area contributed by atoms with Crippen LogP contribution in [0.15, 0.2) is 15.4 Å². The van der Waals surface area contributed by atoms with Gasteiger partial charge in [0.25, 0.3) is 11.5 Å². The minimum atomic E-state index is -0.469. The lowest BCUT2D eigenvalue weighted by molar-refractivity contribution is 0.0675. The Morgan fingerprint density at radius 1 is 1.40 bits per heavy atom. The van der Waals surface area contributed by atoms with Crippen molar-refractivity contribution in [2.75, 3.05) is 5.73 Å². The Morgan fingerprint density at radius 2 is 2.07 bits per heavy atom. The quantitative estimate of drug-likeness (QED) is 0.756. The van der Waals surface area contributed by atoms with Gasteiger partial charge in [-0.3, -0.25) is 9.59 Å². The van der Waals surface area contributed by atoms with Crippen LogP contribution in [0.5, 0.6) is 0 Å². The minimum absolute atomic E-state index is 0.0100. The molecule has 0 unspecified atom stereocenters. The zero-order chi connectivity index (χ0) is 10.8. The number of rotatable bonds is 1. The highest BCUT2D eigenvalue weighted by Crippen LogP contribution is 2.24. The van der Waals surface area contributed by atoms with Crippen molar-refractivity contribution < 1.29 is 9.32 Å². The third-order valence-corrected chi connectivity index (χ3v) is 2.82. The predicted octanol–water partition coefficient (Wildman–Crippen LogP) is 1.24. The van der Waals surface area contributed by atoms with E-state index in [0.29, 0.717) is 0 Å². The van der Waals surface area contributed by atoms with Gasteiger partial charge in [0.1, 0.15) is 0 Å². The van der Waals surface area contributed by atoms with Gasteiger partial charge in [-0.05, 0) is 12.8 Å². The Labute approximate surface area is 86.8 Å². The number of aromatic nitrogens is 1. The van der Waals surface area contributed by atoms with Crippen molar-refractivity contribution in [2.24, 2.45) is 5.92 Å². The molecule has 1 fully saturated rings. The Balaban J connectivity index is 2.19. The van der Waals surface area contributed by atoms with Crippen molar-refractivity contribution in [3.05, 3.63) is 16.4 Å². The van der Waals surface area contributed by atoms with Crippen LogP contribution in [0, 0.1) is 5.92 Å². The maximum Gasteiger partial charge on any atom is 0.292 e. The Bertz CT molecular complexity index is 413. The predicted molar refractivity (Wildman–Crippen MR) is 54.6 cm³/mol. The lowest BCUT2D eigenvalue weighted by Crippen LogP contribution is -2.29. The molecule has 1 saturated carbocycles. The zero-order valence-electron chi connectivity index (χ0n) is 8.44. The van der Waals surface area contributed by atoms with Gasteiger partial charge in [-0.25, -0.2) is 0 Å². The summed E-state index contributed by atoms with van der Waals surface area (Å²) in [7, 11) is 0. The molecule has 0 aliphatic heterocycles. The Kier molecular flexibility index (Phi) is 2.62. The highest BCUT2D eigenvalue weighted by atomic mass is 16.5. The molecule has 1 heterocycles. The van der Waals surface area contributed by atoms with Crippen LogP contribution in [0.1, 0.15) is 36.9 Å². The molecule has 82 valence electrons. The summed E-state index contributed by atoms with van der Waals surface area (Å²) in [5.41, 5.74) is 4.84. The van der Waals surface area contributed by atoms with Crippen LogP contribution in [0.4, 0.5) is 5.88 Å². The van der Waals surface area contributed by atoms with Gasteiger partial charge in [0.15, 0.2) is 0 Å². The summed E-state index contributed by atoms with van der Waals surface area (Å²) in [5, 5.41) is 0. The molecule has 2 N–H and O–H groups in total. The second kappa shape index (κ2) is 3.92. The molecule has 1 aromatic rings. The number of nitrogens with zero attached hydrogens (tertiary/aromatic N) is 1. The van der Waals surface area contributed by atoms with E-state index in [1.165, 1.54) is 6.42 Å². The van der Waals surface area contributed by atoms with Crippen molar-refractivity contribution in [2.45, 2.75) is 32.1 Å². The number of nitrogens with two attached hydrogens (primary N) is 1. The molecule has 1 aliphatic rings. The second-order valence-electron chi connectivity index (χ2n) is 3.94. The average Bonchev–Trinajstić information content (AvgIpc) is 2.58. The van der Waals surface area contributed by atoms with Crippen molar-refractivity contribution in [3.8, 4) is 0 Å². The maximum atomic E-state index is 11.8. The molecule has 0 radical (unpaired) electrons. The van der Waals surface area contributed by atoms with Crippen LogP contribution < -0.4 is 11.3 Å². The fourth-order valence-electron chi connectivity index (χ4n) is 2.03.